The van der Waals surface area contributed by atoms with Crippen LogP contribution in [0.25, 0.3) is 0 Å². The second-order valence-corrected chi connectivity index (χ2v) is 7.74. The average Bonchev–Trinajstić information content (AvgIpc) is 2.95. The van der Waals surface area contributed by atoms with Crippen LogP contribution in [-0.2, 0) is 0 Å². The van der Waals surface area contributed by atoms with Gasteiger partial charge < -0.3 is 10.6 Å². The normalized spacial score (nSPS) is 20.8. The maximum Gasteiger partial charge on any atom is 0.315 e. The third-order valence-corrected chi connectivity index (χ3v) is 5.16. The minimum absolute atomic E-state index is 0.0533. The molecule has 1 fully saturated rings. The first kappa shape index (κ1) is 16.3. The Morgan fingerprint density at radius 1 is 1.38 bits per heavy atom. The van der Waals surface area contributed by atoms with Gasteiger partial charge in [0.15, 0.2) is 0 Å². The number of aryl methyl sites for hydroxylation is 2. The number of urea groups is 1. The Balaban J connectivity index is 1.83. The Hall–Kier alpha value is -1.07. The summed E-state index contributed by atoms with van der Waals surface area (Å²) in [4.78, 5) is 17.1. The van der Waals surface area contributed by atoms with Gasteiger partial charge in [-0.15, -0.1) is 11.3 Å². The monoisotopic (exact) mass is 309 g/mol. The fourth-order valence-electron chi connectivity index (χ4n) is 2.96. The number of carbonyl (C=O) groups excluding carboxylic acids is 1. The Kier molecular flexibility index (Phi) is 5.27. The van der Waals surface area contributed by atoms with Crippen molar-refractivity contribution in [2.45, 2.75) is 59.2 Å². The molecule has 0 aliphatic carbocycles. The van der Waals surface area contributed by atoms with E-state index in [9.17, 15) is 4.79 Å². The molecule has 4 nitrogen and oxygen atoms in total. The van der Waals surface area contributed by atoms with Crippen molar-refractivity contribution in [3.63, 3.8) is 0 Å². The molecule has 2 amide bonds. The second-order valence-electron chi connectivity index (χ2n) is 6.28. The standard InChI is InChI=1S/C16H27N3OS/c1-10(2)19-7-6-14(9-19)18-16(20)17-12(4)15-8-11(3)21-13(15)5/h8,10,12,14H,6-7,9H2,1-5H3,(H2,17,18,20). The highest BCUT2D eigenvalue weighted by Crippen LogP contribution is 2.26. The van der Waals surface area contributed by atoms with Crippen molar-refractivity contribution in [2.75, 3.05) is 13.1 Å². The van der Waals surface area contributed by atoms with E-state index in [1.165, 1.54) is 15.3 Å². The molecule has 5 heteroatoms. The van der Waals surface area contributed by atoms with Crippen LogP contribution in [0.2, 0.25) is 0 Å². The van der Waals surface area contributed by atoms with E-state index in [-0.39, 0.29) is 18.1 Å². The van der Waals surface area contributed by atoms with Gasteiger partial charge in [0, 0.05) is 34.9 Å². The maximum atomic E-state index is 12.1. The molecule has 2 atom stereocenters. The molecule has 1 aliphatic heterocycles. The summed E-state index contributed by atoms with van der Waals surface area (Å²) in [7, 11) is 0. The highest BCUT2D eigenvalue weighted by Gasteiger charge is 2.25. The van der Waals surface area contributed by atoms with Crippen LogP contribution in [0.3, 0.4) is 0 Å². The third-order valence-electron chi connectivity index (χ3n) is 4.18. The van der Waals surface area contributed by atoms with Gasteiger partial charge >= 0.3 is 6.03 Å². The van der Waals surface area contributed by atoms with E-state index < -0.39 is 0 Å². The number of rotatable bonds is 4. The predicted molar refractivity (Wildman–Crippen MR) is 89.0 cm³/mol. The zero-order valence-electron chi connectivity index (χ0n) is 13.7. The van der Waals surface area contributed by atoms with Gasteiger partial charge in [-0.1, -0.05) is 0 Å². The summed E-state index contributed by atoms with van der Waals surface area (Å²) in [6.45, 7) is 12.7. The molecular formula is C16H27N3OS. The van der Waals surface area contributed by atoms with Crippen molar-refractivity contribution in [3.8, 4) is 0 Å². The molecule has 118 valence electrons. The van der Waals surface area contributed by atoms with E-state index in [0.717, 1.165) is 19.5 Å². The zero-order valence-corrected chi connectivity index (χ0v) is 14.5. The molecule has 1 saturated heterocycles. The lowest BCUT2D eigenvalue weighted by Gasteiger charge is -2.21. The van der Waals surface area contributed by atoms with Crippen LogP contribution in [0.5, 0.6) is 0 Å². The van der Waals surface area contributed by atoms with Crippen molar-refractivity contribution in [2.24, 2.45) is 0 Å². The lowest BCUT2D eigenvalue weighted by Crippen LogP contribution is -2.44. The van der Waals surface area contributed by atoms with Crippen molar-refractivity contribution in [3.05, 3.63) is 21.4 Å². The molecule has 2 unspecified atom stereocenters. The Bertz CT molecular complexity index is 498. The number of likely N-dealkylation sites (tertiary alicyclic amines) is 1. The number of hydrogen-bond acceptors (Lipinski definition) is 3. The van der Waals surface area contributed by atoms with Crippen LogP contribution in [0.1, 0.15) is 48.6 Å². The first-order valence-electron chi connectivity index (χ1n) is 7.74. The topological polar surface area (TPSA) is 44.4 Å². The van der Waals surface area contributed by atoms with Crippen LogP contribution in [0, 0.1) is 13.8 Å². The van der Waals surface area contributed by atoms with E-state index in [4.69, 9.17) is 0 Å². The zero-order chi connectivity index (χ0) is 15.6. The maximum absolute atomic E-state index is 12.1. The van der Waals surface area contributed by atoms with Crippen LogP contribution in [0.15, 0.2) is 6.07 Å². The number of hydrogen-bond donors (Lipinski definition) is 2. The summed E-state index contributed by atoms with van der Waals surface area (Å²) < 4.78 is 0. The number of nitrogens with zero attached hydrogens (tertiary/aromatic N) is 1. The number of thiophene rings is 1. The Labute approximate surface area is 131 Å². The van der Waals surface area contributed by atoms with Crippen LogP contribution < -0.4 is 10.6 Å². The SMILES string of the molecule is Cc1cc(C(C)NC(=O)NC2CCN(C(C)C)C2)c(C)s1. The summed E-state index contributed by atoms with van der Waals surface area (Å²) in [5, 5.41) is 6.16. The molecule has 2 rings (SSSR count). The van der Waals surface area contributed by atoms with Crippen LogP contribution in [-0.4, -0.2) is 36.1 Å². The van der Waals surface area contributed by atoms with Gasteiger partial charge in [-0.25, -0.2) is 4.79 Å². The summed E-state index contributed by atoms with van der Waals surface area (Å²) in [5.41, 5.74) is 1.22. The molecular weight excluding hydrogens is 282 g/mol. The predicted octanol–water partition coefficient (Wildman–Crippen LogP) is 3.21. The van der Waals surface area contributed by atoms with Crippen molar-refractivity contribution in [1.82, 2.24) is 15.5 Å². The van der Waals surface area contributed by atoms with Crippen molar-refractivity contribution < 1.29 is 4.79 Å². The molecule has 2 N–H and O–H groups in total. The smallest absolute Gasteiger partial charge is 0.315 e. The highest BCUT2D eigenvalue weighted by atomic mass is 32.1. The Morgan fingerprint density at radius 3 is 2.62 bits per heavy atom. The molecule has 0 aromatic carbocycles. The van der Waals surface area contributed by atoms with E-state index >= 15 is 0 Å². The highest BCUT2D eigenvalue weighted by molar-refractivity contribution is 7.12. The van der Waals surface area contributed by atoms with E-state index in [1.807, 2.05) is 6.92 Å². The molecule has 2 heterocycles. The first-order valence-corrected chi connectivity index (χ1v) is 8.56. The van der Waals surface area contributed by atoms with Crippen LogP contribution in [0.4, 0.5) is 4.79 Å². The molecule has 0 saturated carbocycles. The van der Waals surface area contributed by atoms with E-state index in [1.54, 1.807) is 11.3 Å². The van der Waals surface area contributed by atoms with Crippen molar-refractivity contribution in [1.29, 1.82) is 0 Å². The van der Waals surface area contributed by atoms with Gasteiger partial charge in [-0.3, -0.25) is 4.90 Å². The van der Waals surface area contributed by atoms with Gasteiger partial charge in [-0.05, 0) is 52.7 Å². The molecule has 21 heavy (non-hydrogen) atoms. The minimum atomic E-state index is -0.0543. The Morgan fingerprint density at radius 2 is 2.10 bits per heavy atom. The molecule has 1 aromatic heterocycles. The first-order chi connectivity index (χ1) is 9.86. The quantitative estimate of drug-likeness (QED) is 0.897. The van der Waals surface area contributed by atoms with E-state index in [0.29, 0.717) is 6.04 Å². The molecule has 0 spiro atoms. The summed E-state index contributed by atoms with van der Waals surface area (Å²) in [5.74, 6) is 0. The van der Waals surface area contributed by atoms with E-state index in [2.05, 4.69) is 49.3 Å². The van der Waals surface area contributed by atoms with Gasteiger partial charge in [-0.2, -0.15) is 0 Å². The lowest BCUT2D eigenvalue weighted by atomic mass is 10.1. The molecule has 0 radical (unpaired) electrons. The number of amides is 2. The summed E-state index contributed by atoms with van der Waals surface area (Å²) in [6.07, 6.45) is 1.04. The van der Waals surface area contributed by atoms with Gasteiger partial charge in [0.1, 0.15) is 0 Å². The van der Waals surface area contributed by atoms with Crippen LogP contribution >= 0.6 is 11.3 Å². The second kappa shape index (κ2) is 6.79. The number of nitrogens with one attached hydrogen (secondary N) is 2. The third kappa shape index (κ3) is 4.20. The summed E-state index contributed by atoms with van der Waals surface area (Å²) >= 11 is 1.78. The van der Waals surface area contributed by atoms with Gasteiger partial charge in [0.25, 0.3) is 0 Å². The summed E-state index contributed by atoms with van der Waals surface area (Å²) in [6, 6.07) is 2.99. The van der Waals surface area contributed by atoms with Gasteiger partial charge in [0.05, 0.1) is 6.04 Å². The average molecular weight is 309 g/mol. The lowest BCUT2D eigenvalue weighted by molar-refractivity contribution is 0.231. The minimum Gasteiger partial charge on any atom is -0.334 e. The molecule has 0 bridgehead atoms. The fraction of sp³-hybridized carbons (Fsp3) is 0.688. The van der Waals surface area contributed by atoms with Gasteiger partial charge in [0.2, 0.25) is 0 Å². The fourth-order valence-corrected chi connectivity index (χ4v) is 3.98. The largest absolute Gasteiger partial charge is 0.334 e. The van der Waals surface area contributed by atoms with Crippen molar-refractivity contribution >= 4 is 17.4 Å². The molecule has 1 aliphatic rings. The number of carbonyl (C=O) groups is 1. The molecule has 1 aromatic rings.